The first-order chi connectivity index (χ1) is 12.0. The number of benzene rings is 1. The van der Waals surface area contributed by atoms with Crippen molar-refractivity contribution in [2.24, 2.45) is 10.9 Å². The predicted molar refractivity (Wildman–Crippen MR) is 102 cm³/mol. The van der Waals surface area contributed by atoms with E-state index in [0.717, 1.165) is 44.9 Å². The zero-order chi connectivity index (χ0) is 18.4. The number of esters is 1. The molecule has 0 radical (unpaired) electrons. The highest BCUT2D eigenvalue weighted by Gasteiger charge is 2.26. The normalized spacial score (nSPS) is 16.0. The van der Waals surface area contributed by atoms with Crippen molar-refractivity contribution in [3.8, 4) is 0 Å². The Morgan fingerprint density at radius 3 is 2.36 bits per heavy atom. The van der Waals surface area contributed by atoms with Crippen molar-refractivity contribution < 1.29 is 9.53 Å². The number of methoxy groups -OCH3 is 1. The number of nitrogens with zero attached hydrogens (tertiary/aromatic N) is 2. The third kappa shape index (κ3) is 4.97. The number of likely N-dealkylation sites (tertiary alicyclic amines) is 1. The van der Waals surface area contributed by atoms with E-state index in [1.165, 1.54) is 29.4 Å². The van der Waals surface area contributed by atoms with Crippen LogP contribution in [0.5, 0.6) is 0 Å². The fourth-order valence-electron chi connectivity index (χ4n) is 3.73. The van der Waals surface area contributed by atoms with Crippen molar-refractivity contribution in [1.82, 2.24) is 10.2 Å². The standard InChI is InChI=1S/C20H31N3O2/c1-14-12-15(2)18(16(3)13-14)6-9-22-20(21-4)23-10-7-17(8-11-23)19(24)25-5/h12-13,17H,6-11H2,1-5H3,(H,21,22). The van der Waals surface area contributed by atoms with E-state index in [9.17, 15) is 4.79 Å². The Morgan fingerprint density at radius 1 is 1.24 bits per heavy atom. The highest BCUT2D eigenvalue weighted by molar-refractivity contribution is 5.80. The number of nitrogens with one attached hydrogen (secondary N) is 1. The number of hydrogen-bond acceptors (Lipinski definition) is 3. The Hall–Kier alpha value is -2.04. The summed E-state index contributed by atoms with van der Waals surface area (Å²) in [5.74, 6) is 0.857. The summed E-state index contributed by atoms with van der Waals surface area (Å²) >= 11 is 0. The van der Waals surface area contributed by atoms with Crippen molar-refractivity contribution in [1.29, 1.82) is 0 Å². The fraction of sp³-hybridized carbons (Fsp3) is 0.600. The molecule has 1 aliphatic heterocycles. The first kappa shape index (κ1) is 19.3. The van der Waals surface area contributed by atoms with Crippen molar-refractivity contribution in [2.45, 2.75) is 40.0 Å². The van der Waals surface area contributed by atoms with E-state index in [1.807, 2.05) is 7.05 Å². The number of piperidine rings is 1. The lowest BCUT2D eigenvalue weighted by Gasteiger charge is -2.33. The van der Waals surface area contributed by atoms with Gasteiger partial charge in [0.05, 0.1) is 13.0 Å². The van der Waals surface area contributed by atoms with Crippen molar-refractivity contribution >= 4 is 11.9 Å². The summed E-state index contributed by atoms with van der Waals surface area (Å²) < 4.78 is 4.85. The number of carbonyl (C=O) groups is 1. The Labute approximate surface area is 151 Å². The molecule has 1 N–H and O–H groups in total. The molecule has 1 aromatic carbocycles. The summed E-state index contributed by atoms with van der Waals surface area (Å²) in [6.07, 6.45) is 2.63. The lowest BCUT2D eigenvalue weighted by atomic mass is 9.97. The molecule has 25 heavy (non-hydrogen) atoms. The highest BCUT2D eigenvalue weighted by atomic mass is 16.5. The minimum absolute atomic E-state index is 0.0252. The first-order valence-electron chi connectivity index (χ1n) is 9.06. The summed E-state index contributed by atoms with van der Waals surface area (Å²) in [4.78, 5) is 18.3. The molecule has 5 nitrogen and oxygen atoms in total. The van der Waals surface area contributed by atoms with E-state index >= 15 is 0 Å². The monoisotopic (exact) mass is 345 g/mol. The average molecular weight is 345 g/mol. The molecule has 0 amide bonds. The zero-order valence-corrected chi connectivity index (χ0v) is 16.2. The van der Waals surface area contributed by atoms with Gasteiger partial charge in [-0.1, -0.05) is 17.7 Å². The molecule has 1 heterocycles. The number of carbonyl (C=O) groups excluding carboxylic acids is 1. The minimum atomic E-state index is -0.0899. The number of ether oxygens (including phenoxy) is 1. The van der Waals surface area contributed by atoms with Gasteiger partial charge in [-0.25, -0.2) is 0 Å². The maximum absolute atomic E-state index is 11.6. The lowest BCUT2D eigenvalue weighted by molar-refractivity contribution is -0.146. The maximum atomic E-state index is 11.6. The average Bonchev–Trinajstić information content (AvgIpc) is 2.60. The van der Waals surface area contributed by atoms with Crippen LogP contribution in [0.4, 0.5) is 0 Å². The van der Waals surface area contributed by atoms with Gasteiger partial charge in [-0.3, -0.25) is 9.79 Å². The molecule has 0 bridgehead atoms. The zero-order valence-electron chi connectivity index (χ0n) is 16.2. The van der Waals surface area contributed by atoms with Crippen LogP contribution in [0.2, 0.25) is 0 Å². The molecule has 1 saturated heterocycles. The van der Waals surface area contributed by atoms with Crippen LogP contribution < -0.4 is 5.32 Å². The van der Waals surface area contributed by atoms with Gasteiger partial charge in [-0.2, -0.15) is 0 Å². The Kier molecular flexibility index (Phi) is 6.85. The second-order valence-corrected chi connectivity index (χ2v) is 6.89. The molecule has 0 spiro atoms. The summed E-state index contributed by atoms with van der Waals surface area (Å²) in [7, 11) is 3.28. The van der Waals surface area contributed by atoms with Crippen LogP contribution in [0.3, 0.4) is 0 Å². The van der Waals surface area contributed by atoms with Gasteiger partial charge < -0.3 is 15.0 Å². The smallest absolute Gasteiger partial charge is 0.308 e. The Balaban J connectivity index is 1.87. The molecular weight excluding hydrogens is 314 g/mol. The van der Waals surface area contributed by atoms with Crippen molar-refractivity contribution in [3.05, 3.63) is 34.4 Å². The number of rotatable bonds is 4. The summed E-state index contributed by atoms with van der Waals surface area (Å²) in [5.41, 5.74) is 5.44. The molecule has 2 rings (SSSR count). The van der Waals surface area contributed by atoms with Gasteiger partial charge in [-0.05, 0) is 56.7 Å². The molecule has 1 aromatic rings. The van der Waals surface area contributed by atoms with Gasteiger partial charge in [-0.15, -0.1) is 0 Å². The largest absolute Gasteiger partial charge is 0.469 e. The van der Waals surface area contributed by atoms with Crippen LogP contribution in [0.15, 0.2) is 17.1 Å². The first-order valence-corrected chi connectivity index (χ1v) is 9.06. The van der Waals surface area contributed by atoms with Crippen LogP contribution in [0.25, 0.3) is 0 Å². The topological polar surface area (TPSA) is 53.9 Å². The van der Waals surface area contributed by atoms with Crippen LogP contribution in [0, 0.1) is 26.7 Å². The van der Waals surface area contributed by atoms with E-state index < -0.39 is 0 Å². The number of aryl methyl sites for hydroxylation is 3. The summed E-state index contributed by atoms with van der Waals surface area (Å²) in [5, 5.41) is 3.47. The van der Waals surface area contributed by atoms with Gasteiger partial charge in [0.1, 0.15) is 0 Å². The van der Waals surface area contributed by atoms with Gasteiger partial charge in [0.15, 0.2) is 5.96 Å². The summed E-state index contributed by atoms with van der Waals surface area (Å²) in [6.45, 7) is 9.03. The quantitative estimate of drug-likeness (QED) is 0.518. The Morgan fingerprint density at radius 2 is 1.84 bits per heavy atom. The molecular formula is C20H31N3O2. The van der Waals surface area contributed by atoms with E-state index in [2.05, 4.69) is 48.1 Å². The SMILES string of the molecule is CN=C(NCCc1c(C)cc(C)cc1C)N1CCC(C(=O)OC)CC1. The maximum Gasteiger partial charge on any atom is 0.308 e. The highest BCUT2D eigenvalue weighted by Crippen LogP contribution is 2.19. The lowest BCUT2D eigenvalue weighted by Crippen LogP contribution is -2.47. The van der Waals surface area contributed by atoms with Crippen LogP contribution >= 0.6 is 0 Å². The van der Waals surface area contributed by atoms with Crippen LogP contribution in [-0.4, -0.2) is 50.6 Å². The predicted octanol–water partition coefficient (Wildman–Crippen LogP) is 2.61. The molecule has 138 valence electrons. The second kappa shape index (κ2) is 8.88. The molecule has 1 fully saturated rings. The van der Waals surface area contributed by atoms with E-state index in [0.29, 0.717) is 0 Å². The van der Waals surface area contributed by atoms with Crippen molar-refractivity contribution in [3.63, 3.8) is 0 Å². The Bertz CT molecular complexity index is 609. The molecule has 5 heteroatoms. The van der Waals surface area contributed by atoms with E-state index in [1.54, 1.807) is 0 Å². The van der Waals surface area contributed by atoms with Gasteiger partial charge in [0, 0.05) is 26.7 Å². The molecule has 0 saturated carbocycles. The number of aliphatic imine (C=N–C) groups is 1. The van der Waals surface area contributed by atoms with E-state index in [-0.39, 0.29) is 11.9 Å². The van der Waals surface area contributed by atoms with E-state index in [4.69, 9.17) is 4.74 Å². The van der Waals surface area contributed by atoms with Gasteiger partial charge in [0.25, 0.3) is 0 Å². The number of guanidine groups is 1. The second-order valence-electron chi connectivity index (χ2n) is 6.89. The van der Waals surface area contributed by atoms with Crippen LogP contribution in [0.1, 0.15) is 35.1 Å². The van der Waals surface area contributed by atoms with Gasteiger partial charge >= 0.3 is 5.97 Å². The molecule has 0 aliphatic carbocycles. The molecule has 0 unspecified atom stereocenters. The molecule has 0 aromatic heterocycles. The van der Waals surface area contributed by atoms with Crippen molar-refractivity contribution in [2.75, 3.05) is 33.8 Å². The third-order valence-corrected chi connectivity index (χ3v) is 5.04. The molecule has 0 atom stereocenters. The van der Waals surface area contributed by atoms with Gasteiger partial charge in [0.2, 0.25) is 0 Å². The summed E-state index contributed by atoms with van der Waals surface area (Å²) in [6, 6.07) is 4.49. The molecule has 1 aliphatic rings. The third-order valence-electron chi connectivity index (χ3n) is 5.04. The minimum Gasteiger partial charge on any atom is -0.469 e. The number of hydrogen-bond donors (Lipinski definition) is 1. The fourth-order valence-corrected chi connectivity index (χ4v) is 3.73. The van der Waals surface area contributed by atoms with Crippen LogP contribution in [-0.2, 0) is 16.0 Å².